The number of hydrogen-bond donors (Lipinski definition) is 2. The van der Waals surface area contributed by atoms with Crippen LogP contribution in [0.3, 0.4) is 0 Å². The molecule has 0 aromatic carbocycles. The second kappa shape index (κ2) is 1.63. The highest BCUT2D eigenvalue weighted by Crippen LogP contribution is 2.30. The maximum Gasteiger partial charge on any atom is 0.347 e. The minimum atomic E-state index is -1.19. The van der Waals surface area contributed by atoms with Gasteiger partial charge < -0.3 is 9.97 Å². The molecule has 0 spiro atoms. The van der Waals surface area contributed by atoms with E-state index < -0.39 is 16.5 Å². The van der Waals surface area contributed by atoms with Crippen molar-refractivity contribution in [3.8, 4) is 11.5 Å². The molecule has 0 saturated carbocycles. The Morgan fingerprint density at radius 3 is 2.83 bits per heavy atom. The van der Waals surface area contributed by atoms with Crippen LogP contribution in [0.5, 0.6) is 0 Å². The molecule has 7 heteroatoms. The quantitative estimate of drug-likeness (QED) is 0.347. The molecular weight excluding hydrogens is 180 g/mol. The van der Waals surface area contributed by atoms with Crippen molar-refractivity contribution in [2.45, 2.75) is 10.2 Å². The van der Waals surface area contributed by atoms with Crippen LogP contribution in [0.2, 0.25) is 0 Å². The lowest BCUT2D eigenvalue weighted by Gasteiger charge is -2.15. The van der Waals surface area contributed by atoms with Gasteiger partial charge in [0.05, 0.1) is 0 Å². The van der Waals surface area contributed by atoms with Gasteiger partial charge >= 0.3 is 5.69 Å². The van der Waals surface area contributed by atoms with Crippen LogP contribution in [0, 0.1) is 0 Å². The summed E-state index contributed by atoms with van der Waals surface area (Å²) >= 11 is 0. The monoisotopic (exact) mass is 182 g/mol. The van der Waals surface area contributed by atoms with E-state index in [9.17, 15) is 9.00 Å². The molecule has 1 atom stereocenters. The van der Waals surface area contributed by atoms with Crippen molar-refractivity contribution in [2.24, 2.45) is 0 Å². The molecule has 6 nitrogen and oxygen atoms in total. The van der Waals surface area contributed by atoms with Gasteiger partial charge in [-0.05, 0) is 0 Å². The normalized spacial score (nSPS) is 19.5. The fraction of sp³-hybridized carbons (Fsp3) is 0. The predicted molar refractivity (Wildman–Crippen MR) is 38.3 cm³/mol. The second-order valence-corrected chi connectivity index (χ2v) is 3.71. The summed E-state index contributed by atoms with van der Waals surface area (Å²) in [7, 11) is -1.19. The molecule has 0 aromatic rings. The van der Waals surface area contributed by atoms with Crippen molar-refractivity contribution in [3.05, 3.63) is 10.5 Å². The molecule has 0 fully saturated rings. The summed E-state index contributed by atoms with van der Waals surface area (Å²) < 4.78 is 11.1. The summed E-state index contributed by atoms with van der Waals surface area (Å²) in [5.74, 6) is 0.336. The minimum Gasteiger partial charge on any atom is -0.323 e. The van der Waals surface area contributed by atoms with Crippen molar-refractivity contribution in [1.82, 2.24) is 19.9 Å². The molecule has 4 rings (SSSR count). The largest absolute Gasteiger partial charge is 0.347 e. The Morgan fingerprint density at radius 2 is 2.08 bits per heavy atom. The van der Waals surface area contributed by atoms with E-state index in [1.807, 2.05) is 0 Å². The molecule has 4 aliphatic heterocycles. The van der Waals surface area contributed by atoms with Crippen LogP contribution < -0.4 is 5.69 Å². The number of H-pyrrole nitrogens is 2. The molecule has 2 N–H and O–H groups in total. The van der Waals surface area contributed by atoms with E-state index in [2.05, 4.69) is 19.9 Å². The zero-order valence-electron chi connectivity index (χ0n) is 5.62. The zero-order chi connectivity index (χ0) is 8.29. The smallest absolute Gasteiger partial charge is 0.323 e. The summed E-state index contributed by atoms with van der Waals surface area (Å²) in [6.07, 6.45) is 0. The van der Waals surface area contributed by atoms with Crippen LogP contribution in [0.15, 0.2) is 15.0 Å². The highest BCUT2D eigenvalue weighted by Gasteiger charge is 2.31. The van der Waals surface area contributed by atoms with Crippen molar-refractivity contribution < 1.29 is 4.21 Å². The summed E-state index contributed by atoms with van der Waals surface area (Å²) in [6.45, 7) is 0. The maximum absolute atomic E-state index is 11.1. The SMILES string of the molecule is O=c1nc2nc3[nH]c(c-2[nH]1)S3=O. The lowest BCUT2D eigenvalue weighted by molar-refractivity contribution is 0.648. The first-order valence-corrected chi connectivity index (χ1v) is 4.32. The third-order valence-corrected chi connectivity index (χ3v) is 2.90. The summed E-state index contributed by atoms with van der Waals surface area (Å²) in [5.41, 5.74) is -0.00321. The van der Waals surface area contributed by atoms with Gasteiger partial charge in [0.25, 0.3) is 0 Å². The summed E-state index contributed by atoms with van der Waals surface area (Å²) in [5, 5.41) is 0.883. The highest BCUT2D eigenvalue weighted by atomic mass is 32.2. The van der Waals surface area contributed by atoms with Crippen LogP contribution in [-0.4, -0.2) is 24.1 Å². The number of aromatic nitrogens is 4. The van der Waals surface area contributed by atoms with E-state index in [1.165, 1.54) is 0 Å². The molecule has 0 aromatic heterocycles. The van der Waals surface area contributed by atoms with Crippen molar-refractivity contribution in [3.63, 3.8) is 0 Å². The van der Waals surface area contributed by atoms with Crippen molar-refractivity contribution in [1.29, 1.82) is 0 Å². The first kappa shape index (κ1) is 6.06. The Morgan fingerprint density at radius 1 is 1.25 bits per heavy atom. The summed E-state index contributed by atoms with van der Waals surface area (Å²) in [4.78, 5) is 23.4. The van der Waals surface area contributed by atoms with Crippen LogP contribution in [0.25, 0.3) is 11.5 Å². The van der Waals surface area contributed by atoms with E-state index in [0.717, 1.165) is 0 Å². The molecule has 1 unspecified atom stereocenters. The predicted octanol–water partition coefficient (Wildman–Crippen LogP) is -0.922. The van der Waals surface area contributed by atoms with E-state index in [-0.39, 0.29) is 0 Å². The lowest BCUT2D eigenvalue weighted by atomic mass is 10.4. The van der Waals surface area contributed by atoms with Crippen LogP contribution in [0.1, 0.15) is 0 Å². The average molecular weight is 182 g/mol. The number of hydrogen-bond acceptors (Lipinski definition) is 4. The van der Waals surface area contributed by atoms with E-state index in [0.29, 0.717) is 21.7 Å². The highest BCUT2D eigenvalue weighted by molar-refractivity contribution is 7.85. The Labute approximate surface area is 67.9 Å². The molecule has 0 radical (unpaired) electrons. The number of aromatic amines is 2. The number of imidazole rings is 1. The van der Waals surface area contributed by atoms with Crippen LogP contribution >= 0.6 is 0 Å². The van der Waals surface area contributed by atoms with Crippen molar-refractivity contribution in [2.75, 3.05) is 0 Å². The van der Waals surface area contributed by atoms with Gasteiger partial charge in [0, 0.05) is 0 Å². The Bertz CT molecular complexity index is 527. The third kappa shape index (κ3) is 0.514. The van der Waals surface area contributed by atoms with Gasteiger partial charge in [0.1, 0.15) is 21.5 Å². The third-order valence-electron chi connectivity index (χ3n) is 1.68. The zero-order valence-corrected chi connectivity index (χ0v) is 6.44. The van der Waals surface area contributed by atoms with Gasteiger partial charge in [-0.2, -0.15) is 9.97 Å². The molecule has 0 aliphatic carbocycles. The Hall–Kier alpha value is -1.50. The van der Waals surface area contributed by atoms with Gasteiger partial charge in [-0.15, -0.1) is 0 Å². The van der Waals surface area contributed by atoms with E-state index in [1.54, 1.807) is 0 Å². The van der Waals surface area contributed by atoms with Gasteiger partial charge in [-0.3, -0.25) is 0 Å². The van der Waals surface area contributed by atoms with E-state index in [4.69, 9.17) is 0 Å². The fourth-order valence-corrected chi connectivity index (χ4v) is 2.06. The first-order valence-electron chi connectivity index (χ1n) is 3.17. The molecule has 0 amide bonds. The minimum absolute atomic E-state index is 0.336. The topological polar surface area (TPSA) is 91.5 Å². The molecule has 4 heterocycles. The van der Waals surface area contributed by atoms with Crippen molar-refractivity contribution >= 4 is 10.8 Å². The Kier molecular flexibility index (Phi) is 0.825. The molecule has 12 heavy (non-hydrogen) atoms. The van der Waals surface area contributed by atoms with Gasteiger partial charge in [0.15, 0.2) is 5.82 Å². The van der Waals surface area contributed by atoms with Crippen LogP contribution in [0.4, 0.5) is 0 Å². The van der Waals surface area contributed by atoms with Gasteiger partial charge in [-0.25, -0.2) is 9.00 Å². The molecule has 4 aliphatic rings. The molecule has 2 bridgehead atoms. The lowest BCUT2D eigenvalue weighted by Crippen LogP contribution is -2.16. The number of nitrogens with one attached hydrogen (secondary N) is 2. The number of nitrogens with zero attached hydrogens (tertiary/aromatic N) is 2. The number of rotatable bonds is 0. The first-order chi connectivity index (χ1) is 5.75. The molecular formula is C5H2N4O2S. The molecule has 0 saturated heterocycles. The maximum atomic E-state index is 11.1. The summed E-state index contributed by atoms with van der Waals surface area (Å²) in [6, 6.07) is 0. The van der Waals surface area contributed by atoms with Gasteiger partial charge in [0.2, 0.25) is 5.16 Å². The molecule has 60 valence electrons. The van der Waals surface area contributed by atoms with E-state index >= 15 is 0 Å². The van der Waals surface area contributed by atoms with Gasteiger partial charge in [-0.1, -0.05) is 0 Å². The average Bonchev–Trinajstić information content (AvgIpc) is 2.42. The fourth-order valence-electron chi connectivity index (χ4n) is 1.14. The Balaban J connectivity index is 2.56. The standard InChI is InChI=1S/C5H2N4O2S/c10-4-6-1-2(7-4)8-5-9-3(1)12(5)11/h(H2,6,7,8,9,10). The second-order valence-electron chi connectivity index (χ2n) is 2.38. The van der Waals surface area contributed by atoms with Crippen LogP contribution in [-0.2, 0) is 10.8 Å².